The molecule has 0 amide bonds. The minimum atomic E-state index is 0.692. The first-order chi connectivity index (χ1) is 8.36. The molecule has 2 aromatic rings. The van der Waals surface area contributed by atoms with Gasteiger partial charge < -0.3 is 4.57 Å². The van der Waals surface area contributed by atoms with E-state index in [1.165, 1.54) is 24.2 Å². The predicted molar refractivity (Wildman–Crippen MR) is 70.7 cm³/mol. The monoisotopic (exact) mass is 249 g/mol. The van der Waals surface area contributed by atoms with Crippen molar-refractivity contribution in [2.45, 2.75) is 32.7 Å². The highest BCUT2D eigenvalue weighted by atomic mass is 32.1. The van der Waals surface area contributed by atoms with Gasteiger partial charge in [0.25, 0.3) is 0 Å². The van der Waals surface area contributed by atoms with Gasteiger partial charge in [-0.3, -0.25) is 0 Å². The first kappa shape index (κ1) is 12.0. The van der Waals surface area contributed by atoms with E-state index in [-0.39, 0.29) is 0 Å². The van der Waals surface area contributed by atoms with E-state index in [0.717, 1.165) is 23.2 Å². The van der Waals surface area contributed by atoms with E-state index in [2.05, 4.69) is 27.9 Å². The number of para-hydroxylation sites is 1. The fraction of sp³-hybridized carbons (Fsp3) is 0.417. The number of rotatable bonds is 5. The van der Waals surface area contributed by atoms with E-state index in [0.29, 0.717) is 4.80 Å². The lowest BCUT2D eigenvalue weighted by atomic mass is 10.2. The Kier molecular flexibility index (Phi) is 4.03. The Morgan fingerprint density at radius 1 is 1.29 bits per heavy atom. The van der Waals surface area contributed by atoms with E-state index in [9.17, 15) is 4.91 Å². The van der Waals surface area contributed by atoms with Gasteiger partial charge in [0.05, 0.1) is 15.5 Å². The third-order valence-electron chi connectivity index (χ3n) is 2.70. The van der Waals surface area contributed by atoms with Gasteiger partial charge in [0.15, 0.2) is 0 Å². The first-order valence-corrected chi connectivity index (χ1v) is 6.63. The predicted octanol–water partition coefficient (Wildman–Crippen LogP) is 3.48. The van der Waals surface area contributed by atoms with Crippen LogP contribution in [0.4, 0.5) is 0 Å². The summed E-state index contributed by atoms with van der Waals surface area (Å²) in [6.07, 6.45) is 3.47. The van der Waals surface area contributed by atoms with Crippen LogP contribution in [0.15, 0.2) is 34.7 Å². The molecular weight excluding hydrogens is 234 g/mol. The van der Waals surface area contributed by atoms with Gasteiger partial charge >= 0.3 is 0 Å². The van der Waals surface area contributed by atoms with Crippen molar-refractivity contribution in [1.29, 1.82) is 0 Å². The van der Waals surface area contributed by atoms with Crippen LogP contribution in [0.1, 0.15) is 26.2 Å². The van der Waals surface area contributed by atoms with Crippen molar-refractivity contribution in [3.05, 3.63) is 34.0 Å². The van der Waals surface area contributed by atoms with Crippen molar-refractivity contribution in [2.75, 3.05) is 0 Å². The van der Waals surface area contributed by atoms with Gasteiger partial charge in [0.2, 0.25) is 4.80 Å². The number of hydrogen-bond acceptors (Lipinski definition) is 3. The molecule has 0 spiro atoms. The lowest BCUT2D eigenvalue weighted by molar-refractivity contribution is 0.602. The van der Waals surface area contributed by atoms with Gasteiger partial charge in [-0.2, -0.15) is 0 Å². The fourth-order valence-electron chi connectivity index (χ4n) is 1.87. The quantitative estimate of drug-likeness (QED) is 0.454. The highest BCUT2D eigenvalue weighted by Crippen LogP contribution is 2.17. The third kappa shape index (κ3) is 2.61. The summed E-state index contributed by atoms with van der Waals surface area (Å²) < 4.78 is 3.23. The molecule has 0 saturated heterocycles. The number of aromatic nitrogens is 1. The second kappa shape index (κ2) is 5.72. The van der Waals surface area contributed by atoms with Gasteiger partial charge in [0, 0.05) is 6.54 Å². The van der Waals surface area contributed by atoms with Gasteiger partial charge in [-0.15, -0.1) is 4.91 Å². The lowest BCUT2D eigenvalue weighted by Gasteiger charge is -2.03. The molecule has 17 heavy (non-hydrogen) atoms. The molecule has 90 valence electrons. The van der Waals surface area contributed by atoms with Crippen molar-refractivity contribution in [2.24, 2.45) is 10.4 Å². The maximum atomic E-state index is 10.3. The zero-order valence-electron chi connectivity index (χ0n) is 9.80. The summed E-state index contributed by atoms with van der Waals surface area (Å²) in [5.41, 5.74) is 1.14. The van der Waals surface area contributed by atoms with Crippen LogP contribution in [-0.2, 0) is 6.54 Å². The summed E-state index contributed by atoms with van der Waals surface area (Å²) in [7, 11) is 0. The maximum absolute atomic E-state index is 10.3. The molecule has 0 N–H and O–H groups in total. The minimum absolute atomic E-state index is 0.692. The summed E-state index contributed by atoms with van der Waals surface area (Å²) in [6, 6.07) is 8.10. The smallest absolute Gasteiger partial charge is 0.215 e. The molecule has 0 aliphatic carbocycles. The second-order valence-corrected chi connectivity index (χ2v) is 4.90. The van der Waals surface area contributed by atoms with Crippen LogP contribution >= 0.6 is 11.3 Å². The molecule has 1 aromatic carbocycles. The Labute approximate surface area is 104 Å². The Hall–Kier alpha value is -1.49. The fourth-order valence-corrected chi connectivity index (χ4v) is 2.87. The second-order valence-electron chi connectivity index (χ2n) is 3.89. The van der Waals surface area contributed by atoms with E-state index >= 15 is 0 Å². The normalized spacial score (nSPS) is 12.2. The molecule has 2 rings (SSSR count). The highest BCUT2D eigenvalue weighted by Gasteiger charge is 2.04. The Bertz CT molecular complexity index is 570. The van der Waals surface area contributed by atoms with E-state index < -0.39 is 0 Å². The number of unbranched alkanes of at least 4 members (excludes halogenated alkanes) is 2. The lowest BCUT2D eigenvalue weighted by Crippen LogP contribution is -2.14. The molecule has 5 heteroatoms. The molecule has 0 aliphatic rings. The largest absolute Gasteiger partial charge is 0.315 e. The number of benzene rings is 1. The van der Waals surface area contributed by atoms with E-state index in [1.54, 1.807) is 0 Å². The summed E-state index contributed by atoms with van der Waals surface area (Å²) in [6.45, 7) is 3.07. The van der Waals surface area contributed by atoms with Gasteiger partial charge in [0.1, 0.15) is 0 Å². The number of fused-ring (bicyclic) bond motifs is 1. The average Bonchev–Trinajstić information content (AvgIpc) is 2.69. The molecule has 0 atom stereocenters. The van der Waals surface area contributed by atoms with Crippen LogP contribution < -0.4 is 4.80 Å². The van der Waals surface area contributed by atoms with E-state index in [4.69, 9.17) is 0 Å². The molecule has 1 heterocycles. The molecule has 0 fully saturated rings. The number of nitroso groups, excluding NO2 is 1. The molecule has 0 aliphatic heterocycles. The minimum Gasteiger partial charge on any atom is -0.315 e. The van der Waals surface area contributed by atoms with Crippen LogP contribution in [0.25, 0.3) is 10.2 Å². The highest BCUT2D eigenvalue weighted by molar-refractivity contribution is 7.16. The SMILES string of the molecule is CCCCCn1/c(=N/N=O)sc2ccccc21. The standard InChI is InChI=1S/C12H15N3OS/c1-2-3-6-9-15-10-7-4-5-8-11(10)17-12(15)13-14-16/h4-5,7-8H,2-3,6,9H2,1H3/b13-12-. The van der Waals surface area contributed by atoms with Crippen LogP contribution in [0.2, 0.25) is 0 Å². The Balaban J connectivity index is 2.45. The molecule has 0 radical (unpaired) electrons. The topological polar surface area (TPSA) is 46.7 Å². The van der Waals surface area contributed by atoms with Crippen molar-refractivity contribution < 1.29 is 0 Å². The Morgan fingerprint density at radius 3 is 2.88 bits per heavy atom. The molecule has 0 unspecified atom stereocenters. The van der Waals surface area contributed by atoms with E-state index in [1.807, 2.05) is 18.2 Å². The first-order valence-electron chi connectivity index (χ1n) is 5.81. The number of thiazole rings is 1. The third-order valence-corrected chi connectivity index (χ3v) is 3.75. The zero-order valence-corrected chi connectivity index (χ0v) is 10.6. The van der Waals surface area contributed by atoms with Crippen LogP contribution in [0.3, 0.4) is 0 Å². The molecule has 1 aromatic heterocycles. The van der Waals surface area contributed by atoms with Crippen molar-refractivity contribution in [3.63, 3.8) is 0 Å². The molecular formula is C12H15N3OS. The molecule has 4 nitrogen and oxygen atoms in total. The molecule has 0 saturated carbocycles. The van der Waals surface area contributed by atoms with Crippen LogP contribution in [0, 0.1) is 4.91 Å². The maximum Gasteiger partial charge on any atom is 0.215 e. The van der Waals surface area contributed by atoms with Gasteiger partial charge in [-0.1, -0.05) is 48.3 Å². The molecule has 0 bridgehead atoms. The van der Waals surface area contributed by atoms with Gasteiger partial charge in [-0.05, 0) is 18.6 Å². The summed E-state index contributed by atoms with van der Waals surface area (Å²) >= 11 is 1.51. The van der Waals surface area contributed by atoms with Crippen LogP contribution in [0.5, 0.6) is 0 Å². The van der Waals surface area contributed by atoms with Crippen molar-refractivity contribution in [3.8, 4) is 0 Å². The van der Waals surface area contributed by atoms with Crippen LogP contribution in [-0.4, -0.2) is 4.57 Å². The average molecular weight is 249 g/mol. The number of hydrogen-bond donors (Lipinski definition) is 0. The number of nitrogens with zero attached hydrogens (tertiary/aromatic N) is 3. The van der Waals surface area contributed by atoms with Gasteiger partial charge in [-0.25, -0.2) is 0 Å². The summed E-state index contributed by atoms with van der Waals surface area (Å²) in [5.74, 6) is 0. The van der Waals surface area contributed by atoms with Crippen molar-refractivity contribution >= 4 is 21.6 Å². The Morgan fingerprint density at radius 2 is 2.12 bits per heavy atom. The zero-order chi connectivity index (χ0) is 12.1. The summed E-state index contributed by atoms with van der Waals surface area (Å²) in [5, 5.41) is 6.33. The van der Waals surface area contributed by atoms with Crippen molar-refractivity contribution in [1.82, 2.24) is 4.57 Å². The summed E-state index contributed by atoms with van der Waals surface area (Å²) in [4.78, 5) is 11.0. The number of aryl methyl sites for hydroxylation is 1.